The lowest BCUT2D eigenvalue weighted by Gasteiger charge is -2.32. The van der Waals surface area contributed by atoms with Gasteiger partial charge in [0.2, 0.25) is 21.8 Å². The van der Waals surface area contributed by atoms with Gasteiger partial charge in [0.05, 0.1) is 18.6 Å². The Bertz CT molecular complexity index is 1080. The first-order valence-corrected chi connectivity index (χ1v) is 12.9. The van der Waals surface area contributed by atoms with Crippen molar-refractivity contribution in [2.75, 3.05) is 30.3 Å². The van der Waals surface area contributed by atoms with Gasteiger partial charge in [-0.25, -0.2) is 12.8 Å². The van der Waals surface area contributed by atoms with Crippen LogP contribution < -0.4 is 14.4 Å². The summed E-state index contributed by atoms with van der Waals surface area (Å²) in [5.41, 5.74) is 0.829. The van der Waals surface area contributed by atoms with E-state index in [0.29, 0.717) is 24.5 Å². The quantitative estimate of drug-likeness (QED) is 0.491. The maximum atomic E-state index is 13.5. The van der Waals surface area contributed by atoms with Crippen molar-refractivity contribution >= 4 is 27.5 Å². The van der Waals surface area contributed by atoms with E-state index in [4.69, 9.17) is 4.74 Å². The molecule has 0 radical (unpaired) electrons. The second-order valence-electron chi connectivity index (χ2n) is 7.79. The molecule has 0 saturated carbocycles. The Labute approximate surface area is 200 Å². The third kappa shape index (κ3) is 7.44. The first kappa shape index (κ1) is 27.1. The molecule has 2 rings (SSSR count). The molecule has 0 aliphatic rings. The minimum atomic E-state index is -3.87. The number of nitrogens with one attached hydrogen (secondary N) is 1. The van der Waals surface area contributed by atoms with Gasteiger partial charge in [-0.1, -0.05) is 31.2 Å². The van der Waals surface area contributed by atoms with Crippen LogP contribution in [0.1, 0.15) is 32.8 Å². The monoisotopic (exact) mass is 493 g/mol. The zero-order chi connectivity index (χ0) is 25.3. The highest BCUT2D eigenvalue weighted by molar-refractivity contribution is 7.92. The average Bonchev–Trinajstić information content (AvgIpc) is 2.80. The van der Waals surface area contributed by atoms with E-state index in [-0.39, 0.29) is 18.1 Å². The summed E-state index contributed by atoms with van der Waals surface area (Å²) in [4.78, 5) is 27.4. The van der Waals surface area contributed by atoms with Gasteiger partial charge in [-0.3, -0.25) is 13.9 Å². The van der Waals surface area contributed by atoms with Crippen molar-refractivity contribution < 1.29 is 27.1 Å². The van der Waals surface area contributed by atoms with Crippen LogP contribution in [0.2, 0.25) is 0 Å². The third-order valence-electron chi connectivity index (χ3n) is 5.10. The number of para-hydroxylation sites is 2. The third-order valence-corrected chi connectivity index (χ3v) is 6.22. The van der Waals surface area contributed by atoms with Crippen LogP contribution in [0.25, 0.3) is 0 Å². The number of hydrogen-bond donors (Lipinski definition) is 1. The molecule has 1 atom stereocenters. The summed E-state index contributed by atoms with van der Waals surface area (Å²) < 4.78 is 45.2. The summed E-state index contributed by atoms with van der Waals surface area (Å²) in [6.45, 7) is 5.48. The number of ether oxygens (including phenoxy) is 1. The van der Waals surface area contributed by atoms with Gasteiger partial charge in [0.15, 0.2) is 0 Å². The van der Waals surface area contributed by atoms with Gasteiger partial charge in [0.25, 0.3) is 0 Å². The fraction of sp³-hybridized carbons (Fsp3) is 0.417. The molecule has 2 aromatic rings. The number of carbonyl (C=O) groups excluding carboxylic acids is 2. The predicted molar refractivity (Wildman–Crippen MR) is 130 cm³/mol. The zero-order valence-corrected chi connectivity index (χ0v) is 20.8. The van der Waals surface area contributed by atoms with E-state index in [1.54, 1.807) is 38.1 Å². The fourth-order valence-electron chi connectivity index (χ4n) is 3.30. The Hall–Kier alpha value is -3.14. The molecule has 0 aromatic heterocycles. The Morgan fingerprint density at radius 1 is 1.09 bits per heavy atom. The van der Waals surface area contributed by atoms with Gasteiger partial charge in [0.1, 0.15) is 24.2 Å². The average molecular weight is 494 g/mol. The number of rotatable bonds is 12. The predicted octanol–water partition coefficient (Wildman–Crippen LogP) is 2.93. The lowest BCUT2D eigenvalue weighted by atomic mass is 10.1. The molecule has 34 heavy (non-hydrogen) atoms. The van der Waals surface area contributed by atoms with Gasteiger partial charge in [0, 0.05) is 13.1 Å². The van der Waals surface area contributed by atoms with Gasteiger partial charge in [-0.05, 0) is 50.1 Å². The molecule has 10 heteroatoms. The largest absolute Gasteiger partial charge is 0.492 e. The molecule has 0 heterocycles. The van der Waals surface area contributed by atoms with E-state index in [1.807, 2.05) is 6.92 Å². The highest BCUT2D eigenvalue weighted by Crippen LogP contribution is 2.30. The van der Waals surface area contributed by atoms with Crippen LogP contribution in [0.4, 0.5) is 10.1 Å². The summed E-state index contributed by atoms with van der Waals surface area (Å²) in [5.74, 6) is -1.05. The summed E-state index contributed by atoms with van der Waals surface area (Å²) in [6, 6.07) is 11.2. The van der Waals surface area contributed by atoms with Crippen LogP contribution in [0.3, 0.4) is 0 Å². The minimum Gasteiger partial charge on any atom is -0.492 e. The summed E-state index contributed by atoms with van der Waals surface area (Å²) in [5, 5.41) is 2.76. The summed E-state index contributed by atoms with van der Waals surface area (Å²) in [7, 11) is -3.87. The highest BCUT2D eigenvalue weighted by atomic mass is 32.2. The SMILES string of the molecule is CCCNC(=O)[C@H](C)N(Cc1ccc(F)cc1)C(=O)CN(c1ccccc1OCC)S(C)(=O)=O. The molecule has 0 aliphatic heterocycles. The van der Waals surface area contributed by atoms with Crippen molar-refractivity contribution in [3.8, 4) is 5.75 Å². The van der Waals surface area contributed by atoms with Crippen LogP contribution in [-0.4, -0.2) is 57.1 Å². The van der Waals surface area contributed by atoms with Crippen LogP contribution in [0.15, 0.2) is 48.5 Å². The molecule has 0 fully saturated rings. The maximum Gasteiger partial charge on any atom is 0.244 e. The van der Waals surface area contributed by atoms with Crippen molar-refractivity contribution in [3.63, 3.8) is 0 Å². The van der Waals surface area contributed by atoms with Gasteiger partial charge in [-0.2, -0.15) is 0 Å². The standard InChI is InChI=1S/C24H32FN3O5S/c1-5-15-26-24(30)18(3)27(16-19-11-13-20(25)14-12-19)23(29)17-28(34(4,31)32)21-9-7-8-10-22(21)33-6-2/h7-14,18H,5-6,15-17H2,1-4H3,(H,26,30)/t18-/m0/s1. The number of halogens is 1. The normalized spacial score (nSPS) is 12.0. The van der Waals surface area contributed by atoms with E-state index in [0.717, 1.165) is 17.0 Å². The van der Waals surface area contributed by atoms with Crippen molar-refractivity contribution in [1.82, 2.24) is 10.2 Å². The van der Waals surface area contributed by atoms with Crippen LogP contribution in [-0.2, 0) is 26.2 Å². The van der Waals surface area contributed by atoms with Gasteiger partial charge < -0.3 is 15.0 Å². The molecule has 0 unspecified atom stereocenters. The number of carbonyl (C=O) groups is 2. The molecule has 2 aromatic carbocycles. The van der Waals surface area contributed by atoms with Crippen LogP contribution in [0.5, 0.6) is 5.75 Å². The molecule has 8 nitrogen and oxygen atoms in total. The topological polar surface area (TPSA) is 96.0 Å². The van der Waals surface area contributed by atoms with Crippen molar-refractivity contribution in [3.05, 3.63) is 59.9 Å². The molecular formula is C24H32FN3O5S. The Kier molecular flexibility index (Phi) is 9.85. The van der Waals surface area contributed by atoms with E-state index in [1.165, 1.54) is 29.2 Å². The Morgan fingerprint density at radius 2 is 1.74 bits per heavy atom. The molecule has 0 aliphatic carbocycles. The Morgan fingerprint density at radius 3 is 2.32 bits per heavy atom. The van der Waals surface area contributed by atoms with Crippen molar-refractivity contribution in [1.29, 1.82) is 0 Å². The van der Waals surface area contributed by atoms with Crippen molar-refractivity contribution in [2.24, 2.45) is 0 Å². The van der Waals surface area contributed by atoms with Gasteiger partial charge >= 0.3 is 0 Å². The first-order valence-electron chi connectivity index (χ1n) is 11.1. The lowest BCUT2D eigenvalue weighted by Crippen LogP contribution is -2.51. The second-order valence-corrected chi connectivity index (χ2v) is 9.69. The van der Waals surface area contributed by atoms with Crippen LogP contribution in [0, 0.1) is 5.82 Å². The minimum absolute atomic E-state index is 0.00450. The molecule has 0 saturated heterocycles. The van der Waals surface area contributed by atoms with E-state index >= 15 is 0 Å². The van der Waals surface area contributed by atoms with Gasteiger partial charge in [-0.15, -0.1) is 0 Å². The molecule has 2 amide bonds. The molecule has 0 spiro atoms. The number of sulfonamides is 1. The second kappa shape index (κ2) is 12.4. The van der Waals surface area contributed by atoms with E-state index in [2.05, 4.69) is 5.32 Å². The molecule has 186 valence electrons. The van der Waals surface area contributed by atoms with E-state index in [9.17, 15) is 22.4 Å². The smallest absolute Gasteiger partial charge is 0.244 e. The molecule has 0 bridgehead atoms. The zero-order valence-electron chi connectivity index (χ0n) is 20.0. The van der Waals surface area contributed by atoms with Crippen molar-refractivity contribution in [2.45, 2.75) is 39.8 Å². The molecule has 1 N–H and O–H groups in total. The van der Waals surface area contributed by atoms with Crippen LogP contribution >= 0.6 is 0 Å². The number of hydrogen-bond acceptors (Lipinski definition) is 5. The number of anilines is 1. The fourth-order valence-corrected chi connectivity index (χ4v) is 4.15. The number of nitrogens with zero attached hydrogens (tertiary/aromatic N) is 2. The Balaban J connectivity index is 2.40. The van der Waals surface area contributed by atoms with E-state index < -0.39 is 34.3 Å². The lowest BCUT2D eigenvalue weighted by molar-refractivity contribution is -0.139. The number of amides is 2. The summed E-state index contributed by atoms with van der Waals surface area (Å²) in [6.07, 6.45) is 1.73. The number of benzene rings is 2. The highest BCUT2D eigenvalue weighted by Gasteiger charge is 2.31. The first-order chi connectivity index (χ1) is 16.1. The maximum absolute atomic E-state index is 13.5. The summed E-state index contributed by atoms with van der Waals surface area (Å²) >= 11 is 0. The molecular weight excluding hydrogens is 461 g/mol.